The van der Waals surface area contributed by atoms with Crippen LogP contribution in [0.5, 0.6) is 5.88 Å². The van der Waals surface area contributed by atoms with Gasteiger partial charge in [0.2, 0.25) is 27.7 Å². The molecular formula is C37H42FN7O8S. The lowest BCUT2D eigenvalue weighted by Gasteiger charge is -2.29. The highest BCUT2D eigenvalue weighted by Gasteiger charge is 2.62. The van der Waals surface area contributed by atoms with Gasteiger partial charge in [0.05, 0.1) is 17.3 Å². The molecule has 3 saturated carbocycles. The van der Waals surface area contributed by atoms with Gasteiger partial charge in [-0.2, -0.15) is 0 Å². The number of aryl methyl sites for hydroxylation is 1. The molecule has 0 bridgehead atoms. The fraction of sp³-hybridized carbons (Fsp3) is 0.541. The van der Waals surface area contributed by atoms with Crippen molar-refractivity contribution >= 4 is 44.7 Å². The predicted octanol–water partition coefficient (Wildman–Crippen LogP) is 3.09. The number of ether oxygens (including phenoxy) is 1. The maximum atomic E-state index is 14.7. The fourth-order valence-corrected chi connectivity index (χ4v) is 8.79. The van der Waals surface area contributed by atoms with Gasteiger partial charge in [0.25, 0.3) is 11.8 Å². The molecule has 0 spiro atoms. The molecule has 3 aromatic rings. The number of benzene rings is 1. The zero-order valence-electron chi connectivity index (χ0n) is 29.8. The molecule has 8 rings (SSSR count). The first-order valence-electron chi connectivity index (χ1n) is 18.6. The van der Waals surface area contributed by atoms with Gasteiger partial charge in [0.1, 0.15) is 40.7 Å². The second kappa shape index (κ2) is 14.0. The van der Waals surface area contributed by atoms with E-state index in [1.807, 2.05) is 12.2 Å². The summed E-state index contributed by atoms with van der Waals surface area (Å²) in [6.45, 7) is 1.55. The van der Waals surface area contributed by atoms with Gasteiger partial charge in [-0.3, -0.25) is 23.9 Å². The van der Waals surface area contributed by atoms with Crippen LogP contribution >= 0.6 is 0 Å². The summed E-state index contributed by atoms with van der Waals surface area (Å²) < 4.78 is 54.1. The lowest BCUT2D eigenvalue weighted by atomic mass is 10.0. The van der Waals surface area contributed by atoms with E-state index in [2.05, 4.69) is 30.5 Å². The van der Waals surface area contributed by atoms with Gasteiger partial charge < -0.3 is 24.8 Å². The molecule has 4 heterocycles. The van der Waals surface area contributed by atoms with Gasteiger partial charge in [-0.05, 0) is 70.4 Å². The number of carbonyl (C=O) groups is 4. The summed E-state index contributed by atoms with van der Waals surface area (Å²) in [4.78, 5) is 66.2. The third-order valence-electron chi connectivity index (χ3n) is 10.9. The lowest BCUT2D eigenvalue weighted by Crippen LogP contribution is -2.58. The first-order valence-corrected chi connectivity index (χ1v) is 20.2. The van der Waals surface area contributed by atoms with Crippen LogP contribution in [0.4, 0.5) is 4.39 Å². The van der Waals surface area contributed by atoms with E-state index < -0.39 is 74.4 Å². The van der Waals surface area contributed by atoms with Gasteiger partial charge in [-0.15, -0.1) is 0 Å². The second-order valence-corrected chi connectivity index (χ2v) is 17.1. The summed E-state index contributed by atoms with van der Waals surface area (Å²) in [5.41, 5.74) is -0.780. The molecule has 286 valence electrons. The summed E-state index contributed by atoms with van der Waals surface area (Å²) in [7, 11) is -3.92. The Kier molecular flexibility index (Phi) is 9.38. The number of halogens is 1. The Morgan fingerprint density at radius 1 is 1.09 bits per heavy atom. The Morgan fingerprint density at radius 2 is 1.91 bits per heavy atom. The number of carbonyl (C=O) groups excluding carboxylic acids is 4. The Hall–Kier alpha value is -4.93. The van der Waals surface area contributed by atoms with Crippen LogP contribution < -0.4 is 20.1 Å². The zero-order chi connectivity index (χ0) is 37.8. The standard InChI is InChI=1S/C37H42FN7O8S/c1-20-34(41-31-25(38)9-7-11-26(31)39-20)52-23-16-29-33(47)42-37(36(49)44-54(50,51)24-14-15-24)18-22(37)8-5-3-2-4-6-10-27(35(48)45(29)19-23)40-32(46)28-17-30(53-43-28)21-12-13-21/h5,7-9,11,17,21-24,27,29H,2-4,6,10,12-16,18-19H2,1H3,(H,40,46)(H,42,47)(H,44,49)/t22-,23-,27+,29+,37-/m1/s1. The van der Waals surface area contributed by atoms with Gasteiger partial charge in [0.15, 0.2) is 11.5 Å². The number of para-hydroxylation sites is 1. The van der Waals surface area contributed by atoms with E-state index in [0.29, 0.717) is 42.7 Å². The minimum Gasteiger partial charge on any atom is -0.471 e. The van der Waals surface area contributed by atoms with Crippen LogP contribution in [-0.4, -0.2) is 87.6 Å². The summed E-state index contributed by atoms with van der Waals surface area (Å²) in [5, 5.41) is 8.95. The molecule has 54 heavy (non-hydrogen) atoms. The number of sulfonamides is 1. The number of amides is 4. The van der Waals surface area contributed by atoms with Gasteiger partial charge in [-0.1, -0.05) is 36.2 Å². The molecule has 1 saturated heterocycles. The van der Waals surface area contributed by atoms with E-state index in [1.165, 1.54) is 17.0 Å². The number of allylic oxidation sites excluding steroid dienone is 1. The molecule has 5 aliphatic rings. The normalized spacial score (nSPS) is 27.6. The molecule has 4 fully saturated rings. The van der Waals surface area contributed by atoms with Crippen molar-refractivity contribution in [2.24, 2.45) is 5.92 Å². The average Bonchev–Trinajstić information content (AvgIpc) is 4.09. The van der Waals surface area contributed by atoms with Gasteiger partial charge in [0, 0.05) is 24.3 Å². The first-order chi connectivity index (χ1) is 25.9. The molecule has 5 atom stereocenters. The molecule has 3 aliphatic carbocycles. The van der Waals surface area contributed by atoms with Crippen molar-refractivity contribution in [2.45, 2.75) is 112 Å². The number of rotatable bonds is 8. The highest BCUT2D eigenvalue weighted by atomic mass is 32.2. The molecule has 2 aromatic heterocycles. The van der Waals surface area contributed by atoms with E-state index in [0.717, 1.165) is 25.7 Å². The van der Waals surface area contributed by atoms with Crippen LogP contribution in [0.2, 0.25) is 0 Å². The number of fused-ring (bicyclic) bond motifs is 3. The Bertz CT molecular complexity index is 2150. The highest BCUT2D eigenvalue weighted by molar-refractivity contribution is 7.91. The predicted molar refractivity (Wildman–Crippen MR) is 190 cm³/mol. The molecule has 2 aliphatic heterocycles. The Labute approximate surface area is 310 Å². The van der Waals surface area contributed by atoms with E-state index in [-0.39, 0.29) is 48.8 Å². The van der Waals surface area contributed by atoms with Crippen LogP contribution in [0.15, 0.2) is 40.9 Å². The van der Waals surface area contributed by atoms with Crippen LogP contribution in [-0.2, 0) is 24.4 Å². The first kappa shape index (κ1) is 36.1. The molecule has 4 amide bonds. The maximum absolute atomic E-state index is 14.7. The van der Waals surface area contributed by atoms with Gasteiger partial charge >= 0.3 is 0 Å². The van der Waals surface area contributed by atoms with E-state index in [4.69, 9.17) is 9.26 Å². The van der Waals surface area contributed by atoms with Crippen molar-refractivity contribution in [1.82, 2.24) is 35.4 Å². The zero-order valence-corrected chi connectivity index (χ0v) is 30.6. The number of hydrogen-bond acceptors (Lipinski definition) is 11. The molecule has 3 N–H and O–H groups in total. The summed E-state index contributed by atoms with van der Waals surface area (Å²) in [5.74, 6) is -2.80. The largest absolute Gasteiger partial charge is 0.471 e. The van der Waals surface area contributed by atoms with Crippen LogP contribution in [0.1, 0.15) is 98.5 Å². The lowest BCUT2D eigenvalue weighted by molar-refractivity contribution is -0.141. The minimum atomic E-state index is -3.92. The highest BCUT2D eigenvalue weighted by Crippen LogP contribution is 2.46. The molecule has 15 nitrogen and oxygen atoms in total. The minimum absolute atomic E-state index is 0.00201. The molecular weight excluding hydrogens is 722 g/mol. The average molecular weight is 764 g/mol. The molecule has 0 unspecified atom stereocenters. The van der Waals surface area contributed by atoms with Crippen molar-refractivity contribution in [1.29, 1.82) is 0 Å². The summed E-state index contributed by atoms with van der Waals surface area (Å²) in [6, 6.07) is 3.77. The molecule has 0 radical (unpaired) electrons. The molecule has 1 aromatic carbocycles. The number of nitrogens with zero attached hydrogens (tertiary/aromatic N) is 4. The Balaban J connectivity index is 1.09. The van der Waals surface area contributed by atoms with E-state index >= 15 is 0 Å². The van der Waals surface area contributed by atoms with Crippen molar-refractivity contribution in [3.8, 4) is 5.88 Å². The fourth-order valence-electron chi connectivity index (χ4n) is 7.42. The van der Waals surface area contributed by atoms with E-state index in [1.54, 1.807) is 19.1 Å². The third-order valence-corrected chi connectivity index (χ3v) is 12.8. The number of aromatic nitrogens is 3. The van der Waals surface area contributed by atoms with Crippen molar-refractivity contribution < 1.29 is 41.2 Å². The third kappa shape index (κ3) is 7.29. The Morgan fingerprint density at radius 3 is 2.69 bits per heavy atom. The van der Waals surface area contributed by atoms with Crippen LogP contribution in [0, 0.1) is 18.7 Å². The van der Waals surface area contributed by atoms with Gasteiger partial charge in [-0.25, -0.2) is 22.8 Å². The monoisotopic (exact) mass is 763 g/mol. The smallest absolute Gasteiger partial charge is 0.274 e. The topological polar surface area (TPSA) is 203 Å². The second-order valence-electron chi connectivity index (χ2n) is 15.1. The summed E-state index contributed by atoms with van der Waals surface area (Å²) in [6.07, 6.45) is 8.94. The van der Waals surface area contributed by atoms with Crippen molar-refractivity contribution in [2.75, 3.05) is 6.54 Å². The number of hydrogen-bond donors (Lipinski definition) is 3. The van der Waals surface area contributed by atoms with Crippen molar-refractivity contribution in [3.05, 3.63) is 59.4 Å². The quantitative estimate of drug-likeness (QED) is 0.285. The maximum Gasteiger partial charge on any atom is 0.274 e. The van der Waals surface area contributed by atoms with Crippen LogP contribution in [0.3, 0.4) is 0 Å². The SMILES string of the molecule is Cc1nc2cccc(F)c2nc1O[C@@H]1C[C@H]2C(=O)N[C@]3(C(=O)NS(=O)(=O)C4CC4)C[C@H]3C=CCCCCC[C@H](NC(=O)c3cc(C4CC4)on3)C(=O)N2C1. The van der Waals surface area contributed by atoms with E-state index in [9.17, 15) is 32.0 Å². The van der Waals surface area contributed by atoms with Crippen LogP contribution in [0.25, 0.3) is 11.0 Å². The summed E-state index contributed by atoms with van der Waals surface area (Å²) >= 11 is 0. The number of nitrogens with one attached hydrogen (secondary N) is 3. The molecule has 17 heteroatoms. The van der Waals surface area contributed by atoms with Crippen molar-refractivity contribution in [3.63, 3.8) is 0 Å².